The third kappa shape index (κ3) is 8.74. The highest BCUT2D eigenvalue weighted by Gasteiger charge is 2.31. The molecule has 1 aromatic rings. The molecule has 2 fully saturated rings. The lowest BCUT2D eigenvalue weighted by atomic mass is 10.1. The Morgan fingerprint density at radius 3 is 2.44 bits per heavy atom. The number of alkyl halides is 3. The minimum atomic E-state index is -4.75. The van der Waals surface area contributed by atoms with Gasteiger partial charge in [0.1, 0.15) is 5.75 Å². The van der Waals surface area contributed by atoms with Crippen molar-refractivity contribution >= 4 is 39.1 Å². The standard InChI is InChI=1S/C21H28F3N3O3S2/c22-21(23,24)30-17-7-5-16(6-8-17)25-19(28)15-26-10-12-27(13-11-26)20(29)4-2-1-3-18-9-14-31-32-18/h5-8,18H,1-4,9-15H2,(H,25,28). The second-order valence-electron chi connectivity index (χ2n) is 7.85. The summed E-state index contributed by atoms with van der Waals surface area (Å²) in [5, 5.41) is 3.42. The van der Waals surface area contributed by atoms with E-state index in [0.29, 0.717) is 38.3 Å². The lowest BCUT2D eigenvalue weighted by Crippen LogP contribution is -2.50. The van der Waals surface area contributed by atoms with Crippen molar-refractivity contribution in [2.45, 2.75) is 43.7 Å². The van der Waals surface area contributed by atoms with Crippen molar-refractivity contribution in [2.75, 3.05) is 43.8 Å². The Labute approximate surface area is 194 Å². The van der Waals surface area contributed by atoms with Crippen LogP contribution in [0.15, 0.2) is 24.3 Å². The van der Waals surface area contributed by atoms with Crippen LogP contribution in [-0.2, 0) is 9.59 Å². The van der Waals surface area contributed by atoms with E-state index in [1.165, 1.54) is 30.7 Å². The number of nitrogens with one attached hydrogen (secondary N) is 1. The van der Waals surface area contributed by atoms with Gasteiger partial charge in [-0.05, 0) is 43.5 Å². The number of anilines is 1. The van der Waals surface area contributed by atoms with Crippen molar-refractivity contribution in [1.29, 1.82) is 0 Å². The van der Waals surface area contributed by atoms with Crippen LogP contribution in [0.5, 0.6) is 5.75 Å². The molecule has 2 heterocycles. The quantitative estimate of drug-likeness (QED) is 0.409. The number of piperazine rings is 1. The largest absolute Gasteiger partial charge is 0.573 e. The number of carbonyl (C=O) groups excluding carboxylic acids is 2. The second kappa shape index (κ2) is 12.0. The maximum Gasteiger partial charge on any atom is 0.573 e. The van der Waals surface area contributed by atoms with E-state index in [1.54, 1.807) is 0 Å². The van der Waals surface area contributed by atoms with Gasteiger partial charge in [0.05, 0.1) is 6.54 Å². The van der Waals surface area contributed by atoms with Gasteiger partial charge in [0.2, 0.25) is 11.8 Å². The van der Waals surface area contributed by atoms with Crippen LogP contribution in [0.4, 0.5) is 18.9 Å². The molecular formula is C21H28F3N3O3S2. The smallest absolute Gasteiger partial charge is 0.406 e. The lowest BCUT2D eigenvalue weighted by Gasteiger charge is -2.34. The predicted octanol–water partition coefficient (Wildman–Crippen LogP) is 4.38. The summed E-state index contributed by atoms with van der Waals surface area (Å²) in [7, 11) is 3.92. The number of hydrogen-bond acceptors (Lipinski definition) is 6. The lowest BCUT2D eigenvalue weighted by molar-refractivity contribution is -0.274. The van der Waals surface area contributed by atoms with Crippen molar-refractivity contribution in [1.82, 2.24) is 9.80 Å². The molecule has 2 aliphatic rings. The zero-order valence-electron chi connectivity index (χ0n) is 17.7. The summed E-state index contributed by atoms with van der Waals surface area (Å²) in [6, 6.07) is 5.03. The van der Waals surface area contributed by atoms with Gasteiger partial charge in [-0.25, -0.2) is 0 Å². The van der Waals surface area contributed by atoms with Crippen LogP contribution in [0.1, 0.15) is 32.1 Å². The number of unbranched alkanes of at least 4 members (excludes halogenated alkanes) is 1. The van der Waals surface area contributed by atoms with Gasteiger partial charge in [-0.15, -0.1) is 13.2 Å². The number of benzene rings is 1. The van der Waals surface area contributed by atoms with Gasteiger partial charge in [0.15, 0.2) is 0 Å². The van der Waals surface area contributed by atoms with E-state index in [9.17, 15) is 22.8 Å². The van der Waals surface area contributed by atoms with Crippen LogP contribution in [0.3, 0.4) is 0 Å². The molecule has 11 heteroatoms. The molecule has 32 heavy (non-hydrogen) atoms. The molecule has 0 radical (unpaired) electrons. The van der Waals surface area contributed by atoms with Crippen molar-refractivity contribution in [3.05, 3.63) is 24.3 Å². The number of nitrogens with zero attached hydrogens (tertiary/aromatic N) is 2. The van der Waals surface area contributed by atoms with Gasteiger partial charge < -0.3 is 15.0 Å². The Bertz CT molecular complexity index is 751. The summed E-state index contributed by atoms with van der Waals surface area (Å²) < 4.78 is 40.4. The molecule has 1 N–H and O–H groups in total. The number of ether oxygens (including phenoxy) is 1. The molecule has 0 aliphatic carbocycles. The van der Waals surface area contributed by atoms with E-state index in [2.05, 4.69) is 10.1 Å². The molecule has 2 saturated heterocycles. The minimum absolute atomic E-state index is 0.167. The van der Waals surface area contributed by atoms with Gasteiger partial charge in [0, 0.05) is 49.3 Å². The van der Waals surface area contributed by atoms with Crippen molar-refractivity contribution < 1.29 is 27.5 Å². The molecular weight excluding hydrogens is 463 g/mol. The number of hydrogen-bond donors (Lipinski definition) is 1. The second-order valence-corrected chi connectivity index (χ2v) is 10.6. The topological polar surface area (TPSA) is 61.9 Å². The first-order valence-corrected chi connectivity index (χ1v) is 13.1. The maximum absolute atomic E-state index is 12.4. The van der Waals surface area contributed by atoms with E-state index in [-0.39, 0.29) is 24.1 Å². The first kappa shape index (κ1) is 25.0. The normalized spacial score (nSPS) is 19.7. The number of rotatable bonds is 9. The Balaban J connectivity index is 1.31. The predicted molar refractivity (Wildman–Crippen MR) is 122 cm³/mol. The van der Waals surface area contributed by atoms with Crippen LogP contribution in [-0.4, -0.2) is 71.7 Å². The SMILES string of the molecule is O=C(CN1CCN(C(=O)CCCCC2CCSS2)CC1)Nc1ccc(OC(F)(F)F)cc1. The molecule has 3 rings (SSSR count). The Kier molecular flexibility index (Phi) is 9.42. The van der Waals surface area contributed by atoms with Gasteiger partial charge in [-0.2, -0.15) is 0 Å². The van der Waals surface area contributed by atoms with E-state index in [1.807, 2.05) is 31.4 Å². The average Bonchev–Trinajstić information content (AvgIpc) is 3.25. The van der Waals surface area contributed by atoms with E-state index in [0.717, 1.165) is 30.2 Å². The number of amides is 2. The molecule has 1 atom stereocenters. The van der Waals surface area contributed by atoms with E-state index >= 15 is 0 Å². The monoisotopic (exact) mass is 491 g/mol. The summed E-state index contributed by atoms with van der Waals surface area (Å²) in [6.45, 7) is 2.61. The maximum atomic E-state index is 12.4. The van der Waals surface area contributed by atoms with Crippen molar-refractivity contribution in [2.24, 2.45) is 0 Å². The molecule has 1 unspecified atom stereocenters. The minimum Gasteiger partial charge on any atom is -0.406 e. The van der Waals surface area contributed by atoms with Gasteiger partial charge in [-0.3, -0.25) is 14.5 Å². The summed E-state index contributed by atoms with van der Waals surface area (Å²) in [5.74, 6) is 0.827. The summed E-state index contributed by atoms with van der Waals surface area (Å²) in [6.07, 6.45) is 0.313. The fourth-order valence-corrected chi connectivity index (χ4v) is 6.70. The number of carbonyl (C=O) groups is 2. The van der Waals surface area contributed by atoms with Crippen molar-refractivity contribution in [3.8, 4) is 5.75 Å². The summed E-state index contributed by atoms with van der Waals surface area (Å²) in [5.41, 5.74) is 0.396. The molecule has 1 aromatic carbocycles. The zero-order chi connectivity index (χ0) is 23.0. The number of halogens is 3. The van der Waals surface area contributed by atoms with Crippen LogP contribution < -0.4 is 10.1 Å². The molecule has 2 amide bonds. The Morgan fingerprint density at radius 2 is 1.81 bits per heavy atom. The highest BCUT2D eigenvalue weighted by molar-refractivity contribution is 8.77. The molecule has 6 nitrogen and oxygen atoms in total. The highest BCUT2D eigenvalue weighted by Crippen LogP contribution is 2.39. The molecule has 178 valence electrons. The Morgan fingerprint density at radius 1 is 1.09 bits per heavy atom. The van der Waals surface area contributed by atoms with Crippen LogP contribution in [0.25, 0.3) is 0 Å². The van der Waals surface area contributed by atoms with Gasteiger partial charge in [0.25, 0.3) is 0 Å². The van der Waals surface area contributed by atoms with Crippen LogP contribution >= 0.6 is 21.6 Å². The first-order valence-electron chi connectivity index (χ1n) is 10.7. The zero-order valence-corrected chi connectivity index (χ0v) is 19.4. The van der Waals surface area contributed by atoms with E-state index < -0.39 is 6.36 Å². The molecule has 0 spiro atoms. The molecule has 0 bridgehead atoms. The van der Waals surface area contributed by atoms with Gasteiger partial charge >= 0.3 is 6.36 Å². The molecule has 2 aliphatic heterocycles. The third-order valence-electron chi connectivity index (χ3n) is 5.36. The third-order valence-corrected chi connectivity index (χ3v) is 8.36. The fourth-order valence-electron chi connectivity index (χ4n) is 3.67. The highest BCUT2D eigenvalue weighted by atomic mass is 33.1. The molecule has 0 aromatic heterocycles. The summed E-state index contributed by atoms with van der Waals surface area (Å²) >= 11 is 0. The van der Waals surface area contributed by atoms with Gasteiger partial charge in [-0.1, -0.05) is 28.0 Å². The average molecular weight is 492 g/mol. The first-order chi connectivity index (χ1) is 15.3. The molecule has 0 saturated carbocycles. The van der Waals surface area contributed by atoms with Crippen LogP contribution in [0.2, 0.25) is 0 Å². The fraction of sp³-hybridized carbons (Fsp3) is 0.619. The Hall–Kier alpha value is -1.59. The van der Waals surface area contributed by atoms with E-state index in [4.69, 9.17) is 0 Å². The van der Waals surface area contributed by atoms with Crippen molar-refractivity contribution in [3.63, 3.8) is 0 Å². The summed E-state index contributed by atoms with van der Waals surface area (Å²) in [4.78, 5) is 28.5. The van der Waals surface area contributed by atoms with Crippen LogP contribution in [0, 0.1) is 0 Å².